The molecule has 0 saturated carbocycles. The predicted octanol–water partition coefficient (Wildman–Crippen LogP) is 5.52. The highest BCUT2D eigenvalue weighted by Gasteiger charge is 2.27. The summed E-state index contributed by atoms with van der Waals surface area (Å²) in [6, 6.07) is 9.33. The van der Waals surface area contributed by atoms with E-state index in [9.17, 15) is 9.59 Å². The number of fused-ring (bicyclic) bond motifs is 1. The number of hydrogen-bond donors (Lipinski definition) is 1. The largest absolute Gasteiger partial charge is 0.465 e. The molecule has 0 fully saturated rings. The zero-order chi connectivity index (χ0) is 19.0. The normalized spacial score (nSPS) is 10.8. The van der Waals surface area contributed by atoms with Crippen LogP contribution in [0.4, 0.5) is 5.69 Å². The van der Waals surface area contributed by atoms with Crippen LogP contribution in [0, 0.1) is 20.8 Å². The third kappa shape index (κ3) is 3.08. The Hall–Kier alpha value is -2.37. The topological polar surface area (TPSA) is 55.4 Å². The van der Waals surface area contributed by atoms with Crippen molar-refractivity contribution in [3.63, 3.8) is 0 Å². The second-order valence-electron chi connectivity index (χ2n) is 6.07. The number of anilines is 1. The molecule has 0 bridgehead atoms. The summed E-state index contributed by atoms with van der Waals surface area (Å²) in [6.07, 6.45) is 0. The third-order valence-corrected chi connectivity index (χ3v) is 6.03. The van der Waals surface area contributed by atoms with Crippen LogP contribution in [0.25, 0.3) is 10.1 Å². The molecule has 6 heteroatoms. The Kier molecular flexibility index (Phi) is 5.03. The van der Waals surface area contributed by atoms with Gasteiger partial charge in [0.1, 0.15) is 4.88 Å². The fourth-order valence-corrected chi connectivity index (χ4v) is 4.40. The van der Waals surface area contributed by atoms with Gasteiger partial charge in [-0.15, -0.1) is 11.3 Å². The summed E-state index contributed by atoms with van der Waals surface area (Å²) >= 11 is 7.59. The molecule has 3 rings (SSSR count). The van der Waals surface area contributed by atoms with Crippen molar-refractivity contribution in [2.45, 2.75) is 20.8 Å². The highest BCUT2D eigenvalue weighted by atomic mass is 35.5. The van der Waals surface area contributed by atoms with Crippen molar-refractivity contribution >= 4 is 50.6 Å². The molecule has 0 spiro atoms. The number of esters is 1. The molecule has 2 aromatic carbocycles. The van der Waals surface area contributed by atoms with Gasteiger partial charge in [0.2, 0.25) is 0 Å². The smallest absolute Gasteiger partial charge is 0.348 e. The summed E-state index contributed by atoms with van der Waals surface area (Å²) in [5, 5.41) is 4.17. The molecular formula is C20H18ClNO3S. The first-order chi connectivity index (χ1) is 12.3. The van der Waals surface area contributed by atoms with E-state index in [1.807, 2.05) is 51.1 Å². The van der Waals surface area contributed by atoms with Crippen LogP contribution in [-0.2, 0) is 4.74 Å². The molecule has 26 heavy (non-hydrogen) atoms. The highest BCUT2D eigenvalue weighted by Crippen LogP contribution is 2.39. The van der Waals surface area contributed by atoms with Crippen LogP contribution < -0.4 is 5.32 Å². The quantitative estimate of drug-likeness (QED) is 0.602. The Morgan fingerprint density at radius 1 is 1.12 bits per heavy atom. The van der Waals surface area contributed by atoms with Crippen LogP contribution in [0.1, 0.15) is 36.7 Å². The number of para-hydroxylation sites is 1. The molecule has 0 unspecified atom stereocenters. The number of aryl methyl sites for hydroxylation is 3. The van der Waals surface area contributed by atoms with Gasteiger partial charge in [-0.05, 0) is 49.6 Å². The summed E-state index contributed by atoms with van der Waals surface area (Å²) in [5.41, 5.74) is 3.63. The molecule has 0 aliphatic rings. The maximum Gasteiger partial charge on any atom is 0.348 e. The van der Waals surface area contributed by atoms with Gasteiger partial charge >= 0.3 is 5.97 Å². The fourth-order valence-electron chi connectivity index (χ4n) is 2.90. The minimum absolute atomic E-state index is 0.280. The fraction of sp³-hybridized carbons (Fsp3) is 0.200. The number of methoxy groups -OCH3 is 1. The Balaban J connectivity index is 2.24. The monoisotopic (exact) mass is 387 g/mol. The molecule has 0 radical (unpaired) electrons. The molecule has 134 valence electrons. The van der Waals surface area contributed by atoms with Gasteiger partial charge in [-0.3, -0.25) is 4.79 Å². The minimum atomic E-state index is -0.531. The average molecular weight is 388 g/mol. The van der Waals surface area contributed by atoms with E-state index in [1.54, 1.807) is 0 Å². The van der Waals surface area contributed by atoms with Gasteiger partial charge in [0.25, 0.3) is 5.91 Å². The minimum Gasteiger partial charge on any atom is -0.465 e. The number of amides is 1. The summed E-state index contributed by atoms with van der Waals surface area (Å²) in [6.45, 7) is 5.67. The molecule has 1 N–H and O–H groups in total. The van der Waals surface area contributed by atoms with Crippen molar-refractivity contribution in [3.8, 4) is 0 Å². The van der Waals surface area contributed by atoms with Crippen LogP contribution in [-0.4, -0.2) is 19.0 Å². The van der Waals surface area contributed by atoms with Crippen molar-refractivity contribution in [1.29, 1.82) is 0 Å². The summed E-state index contributed by atoms with van der Waals surface area (Å²) < 4.78 is 5.76. The number of ether oxygens (including phenoxy) is 1. The Morgan fingerprint density at radius 2 is 1.81 bits per heavy atom. The molecule has 0 aliphatic carbocycles. The number of hydrogen-bond acceptors (Lipinski definition) is 4. The number of benzene rings is 2. The molecule has 4 nitrogen and oxygen atoms in total. The molecule has 0 atom stereocenters. The second kappa shape index (κ2) is 7.09. The summed E-state index contributed by atoms with van der Waals surface area (Å²) in [5.74, 6) is -0.883. The Bertz CT molecular complexity index is 1040. The molecule has 1 amide bonds. The molecular weight excluding hydrogens is 370 g/mol. The second-order valence-corrected chi connectivity index (χ2v) is 7.50. The first kappa shape index (κ1) is 18.4. The van der Waals surface area contributed by atoms with E-state index in [1.165, 1.54) is 18.4 Å². The van der Waals surface area contributed by atoms with E-state index in [-0.39, 0.29) is 10.8 Å². The number of carbonyl (C=O) groups excluding carboxylic acids is 2. The maximum absolute atomic E-state index is 13.1. The van der Waals surface area contributed by atoms with Crippen LogP contribution in [0.2, 0.25) is 5.02 Å². The van der Waals surface area contributed by atoms with E-state index in [2.05, 4.69) is 5.32 Å². The molecule has 3 aromatic rings. The SMILES string of the molecule is COC(=O)c1sc2c(C)cc(Cl)c(C)c2c1C(=O)Nc1ccccc1C. The zero-order valence-corrected chi connectivity index (χ0v) is 16.5. The van der Waals surface area contributed by atoms with Gasteiger partial charge in [0.05, 0.1) is 12.7 Å². The molecule has 0 aliphatic heterocycles. The lowest BCUT2D eigenvalue weighted by Gasteiger charge is -2.10. The van der Waals surface area contributed by atoms with E-state index >= 15 is 0 Å². The van der Waals surface area contributed by atoms with E-state index in [4.69, 9.17) is 16.3 Å². The summed E-state index contributed by atoms with van der Waals surface area (Å²) in [7, 11) is 1.31. The molecule has 1 aromatic heterocycles. The lowest BCUT2D eigenvalue weighted by molar-refractivity contribution is 0.0603. The predicted molar refractivity (Wildman–Crippen MR) is 107 cm³/mol. The van der Waals surface area contributed by atoms with Crippen LogP contribution in [0.3, 0.4) is 0 Å². The van der Waals surface area contributed by atoms with Crippen LogP contribution in [0.15, 0.2) is 30.3 Å². The third-order valence-electron chi connectivity index (χ3n) is 4.33. The Labute approximate surface area is 160 Å². The van der Waals surface area contributed by atoms with Gasteiger partial charge in [-0.25, -0.2) is 4.79 Å². The molecule has 1 heterocycles. The van der Waals surface area contributed by atoms with Gasteiger partial charge in [0, 0.05) is 20.8 Å². The van der Waals surface area contributed by atoms with Crippen molar-refractivity contribution in [3.05, 3.63) is 62.5 Å². The van der Waals surface area contributed by atoms with E-state index in [0.717, 1.165) is 21.4 Å². The zero-order valence-electron chi connectivity index (χ0n) is 14.9. The van der Waals surface area contributed by atoms with Crippen LogP contribution >= 0.6 is 22.9 Å². The number of thiophene rings is 1. The van der Waals surface area contributed by atoms with Gasteiger partial charge in [-0.1, -0.05) is 29.8 Å². The standard InChI is InChI=1S/C20H18ClNO3S/c1-10-7-5-6-8-14(10)22-19(23)16-15-12(3)13(21)9-11(2)17(15)26-18(16)20(24)25-4/h5-9H,1-4H3,(H,22,23). The van der Waals surface area contributed by atoms with Crippen molar-refractivity contribution in [2.24, 2.45) is 0 Å². The van der Waals surface area contributed by atoms with E-state index < -0.39 is 5.97 Å². The van der Waals surface area contributed by atoms with Gasteiger partial charge in [-0.2, -0.15) is 0 Å². The van der Waals surface area contributed by atoms with Gasteiger partial charge in [0.15, 0.2) is 0 Å². The first-order valence-corrected chi connectivity index (χ1v) is 9.22. The van der Waals surface area contributed by atoms with E-state index in [0.29, 0.717) is 21.7 Å². The van der Waals surface area contributed by atoms with Crippen LogP contribution in [0.5, 0.6) is 0 Å². The number of halogens is 1. The number of nitrogens with one attached hydrogen (secondary N) is 1. The maximum atomic E-state index is 13.1. The van der Waals surface area contributed by atoms with Crippen molar-refractivity contribution in [2.75, 3.05) is 12.4 Å². The lowest BCUT2D eigenvalue weighted by atomic mass is 10.0. The van der Waals surface area contributed by atoms with Crippen molar-refractivity contribution < 1.29 is 14.3 Å². The molecule has 0 saturated heterocycles. The number of rotatable bonds is 3. The first-order valence-electron chi connectivity index (χ1n) is 8.02. The van der Waals surface area contributed by atoms with Crippen molar-refractivity contribution in [1.82, 2.24) is 0 Å². The highest BCUT2D eigenvalue weighted by molar-refractivity contribution is 7.21. The van der Waals surface area contributed by atoms with Gasteiger partial charge < -0.3 is 10.1 Å². The Morgan fingerprint density at radius 3 is 2.46 bits per heavy atom. The lowest BCUT2D eigenvalue weighted by Crippen LogP contribution is -2.16. The number of carbonyl (C=O) groups is 2. The summed E-state index contributed by atoms with van der Waals surface area (Å²) in [4.78, 5) is 25.7. The average Bonchev–Trinajstić information content (AvgIpc) is 3.02.